The number of hydrogen-bond donors (Lipinski definition) is 2. The summed E-state index contributed by atoms with van der Waals surface area (Å²) in [6.45, 7) is 3.81. The van der Waals surface area contributed by atoms with Gasteiger partial charge in [0.1, 0.15) is 0 Å². The Balaban J connectivity index is 2.83. The fraction of sp³-hybridized carbons (Fsp3) is 0.273. The minimum atomic E-state index is -0.0275. The standard InChI is InChI=1S/C11H14ClN5O/c1-6(2)18-11-9-5-7(12)3-4-8(9)10(15-13)17(14)16-11/h3-6H,13-14H2,1-2H3/b15-10-. The van der Waals surface area contributed by atoms with Crippen molar-refractivity contribution >= 4 is 22.4 Å². The normalized spacial score (nSPS) is 12.3. The van der Waals surface area contributed by atoms with Gasteiger partial charge in [-0.25, -0.2) is 0 Å². The van der Waals surface area contributed by atoms with Gasteiger partial charge in [-0.1, -0.05) is 11.6 Å². The Bertz CT molecular complexity index is 650. The van der Waals surface area contributed by atoms with Gasteiger partial charge in [-0.3, -0.25) is 0 Å². The van der Waals surface area contributed by atoms with E-state index in [9.17, 15) is 0 Å². The van der Waals surface area contributed by atoms with Gasteiger partial charge in [0, 0.05) is 10.4 Å². The molecule has 0 atom stereocenters. The van der Waals surface area contributed by atoms with Gasteiger partial charge < -0.3 is 16.4 Å². The second-order valence-electron chi connectivity index (χ2n) is 4.06. The summed E-state index contributed by atoms with van der Waals surface area (Å²) < 4.78 is 5.61. The molecule has 0 saturated carbocycles. The zero-order chi connectivity index (χ0) is 13.3. The fourth-order valence-corrected chi connectivity index (χ4v) is 1.82. The van der Waals surface area contributed by atoms with E-state index in [0.29, 0.717) is 16.4 Å². The van der Waals surface area contributed by atoms with E-state index in [1.165, 1.54) is 0 Å². The molecule has 0 spiro atoms. The van der Waals surface area contributed by atoms with Crippen LogP contribution in [0, 0.1) is 0 Å². The highest BCUT2D eigenvalue weighted by atomic mass is 35.5. The third kappa shape index (κ3) is 2.19. The van der Waals surface area contributed by atoms with Crippen LogP contribution in [0.4, 0.5) is 0 Å². The van der Waals surface area contributed by atoms with Gasteiger partial charge in [0.2, 0.25) is 5.88 Å². The van der Waals surface area contributed by atoms with Crippen LogP contribution in [-0.2, 0) is 0 Å². The van der Waals surface area contributed by atoms with Crippen LogP contribution < -0.4 is 21.9 Å². The van der Waals surface area contributed by atoms with E-state index in [2.05, 4.69) is 10.2 Å². The zero-order valence-corrected chi connectivity index (χ0v) is 10.8. The van der Waals surface area contributed by atoms with Gasteiger partial charge in [0.05, 0.1) is 11.5 Å². The summed E-state index contributed by atoms with van der Waals surface area (Å²) in [6, 6.07) is 5.26. The van der Waals surface area contributed by atoms with Crippen LogP contribution in [0.2, 0.25) is 5.02 Å². The highest BCUT2D eigenvalue weighted by Gasteiger charge is 2.11. The Morgan fingerprint density at radius 1 is 1.39 bits per heavy atom. The number of benzene rings is 1. The predicted molar refractivity (Wildman–Crippen MR) is 70.4 cm³/mol. The Labute approximate surface area is 109 Å². The summed E-state index contributed by atoms with van der Waals surface area (Å²) in [5.41, 5.74) is 0.359. The molecule has 0 aliphatic rings. The molecule has 7 heteroatoms. The van der Waals surface area contributed by atoms with E-state index in [4.69, 9.17) is 28.0 Å². The summed E-state index contributed by atoms with van der Waals surface area (Å²) in [5, 5.41) is 9.75. The average molecular weight is 268 g/mol. The van der Waals surface area contributed by atoms with Gasteiger partial charge in [0.15, 0.2) is 5.49 Å². The number of aromatic nitrogens is 2. The lowest BCUT2D eigenvalue weighted by atomic mass is 10.2. The minimum Gasteiger partial charge on any atom is -0.473 e. The number of ether oxygens (including phenoxy) is 1. The lowest BCUT2D eigenvalue weighted by molar-refractivity contribution is 0.231. The van der Waals surface area contributed by atoms with Crippen molar-refractivity contribution in [3.05, 3.63) is 28.7 Å². The first-order chi connectivity index (χ1) is 8.52. The summed E-state index contributed by atoms with van der Waals surface area (Å²) in [7, 11) is 0. The number of nitrogen functional groups attached to an aromatic ring is 1. The topological polar surface area (TPSA) is 91.5 Å². The van der Waals surface area contributed by atoms with Gasteiger partial charge in [-0.15, -0.1) is 5.10 Å². The molecule has 4 N–H and O–H groups in total. The molecule has 0 amide bonds. The van der Waals surface area contributed by atoms with Crippen molar-refractivity contribution in [3.63, 3.8) is 0 Å². The van der Waals surface area contributed by atoms with Crippen molar-refractivity contribution in [1.82, 2.24) is 9.89 Å². The summed E-state index contributed by atoms with van der Waals surface area (Å²) in [4.78, 5) is 1.09. The number of rotatable bonds is 2. The molecule has 0 fully saturated rings. The number of hydrogen-bond acceptors (Lipinski definition) is 5. The Morgan fingerprint density at radius 3 is 2.72 bits per heavy atom. The maximum absolute atomic E-state index is 5.98. The molecule has 2 rings (SSSR count). The SMILES string of the molecule is CC(C)Oc1nn(N)/c(=N\N)c2ccc(Cl)cc12. The fourth-order valence-electron chi connectivity index (χ4n) is 1.65. The molecule has 0 bridgehead atoms. The van der Waals surface area contributed by atoms with Crippen molar-refractivity contribution in [1.29, 1.82) is 0 Å². The molecule has 0 aliphatic carbocycles. The van der Waals surface area contributed by atoms with E-state index < -0.39 is 0 Å². The molecule has 6 nitrogen and oxygen atoms in total. The smallest absolute Gasteiger partial charge is 0.241 e. The van der Waals surface area contributed by atoms with Crippen molar-refractivity contribution in [2.24, 2.45) is 10.9 Å². The molecule has 1 aromatic carbocycles. The summed E-state index contributed by atoms with van der Waals surface area (Å²) in [6.07, 6.45) is -0.0275. The molecular formula is C11H14ClN5O. The summed E-state index contributed by atoms with van der Waals surface area (Å²) in [5.74, 6) is 11.4. The van der Waals surface area contributed by atoms with Crippen molar-refractivity contribution in [3.8, 4) is 5.88 Å². The van der Waals surface area contributed by atoms with Gasteiger partial charge in [0.25, 0.3) is 0 Å². The van der Waals surface area contributed by atoms with Crippen LogP contribution in [-0.4, -0.2) is 16.0 Å². The van der Waals surface area contributed by atoms with Crippen LogP contribution in [0.1, 0.15) is 13.8 Å². The Hall–Kier alpha value is -1.95. The van der Waals surface area contributed by atoms with E-state index >= 15 is 0 Å². The van der Waals surface area contributed by atoms with Crippen molar-refractivity contribution < 1.29 is 4.74 Å². The Morgan fingerprint density at radius 2 is 2.11 bits per heavy atom. The van der Waals surface area contributed by atoms with Crippen molar-refractivity contribution in [2.75, 3.05) is 5.84 Å². The third-order valence-electron chi connectivity index (χ3n) is 2.34. The van der Waals surface area contributed by atoms with Crippen LogP contribution in [0.3, 0.4) is 0 Å². The quantitative estimate of drug-likeness (QED) is 0.626. The van der Waals surface area contributed by atoms with Crippen LogP contribution in [0.15, 0.2) is 23.3 Å². The van der Waals surface area contributed by atoms with E-state index in [1.807, 2.05) is 13.8 Å². The molecule has 0 saturated heterocycles. The van der Waals surface area contributed by atoms with Gasteiger partial charge in [-0.2, -0.15) is 9.89 Å². The first-order valence-electron chi connectivity index (χ1n) is 5.41. The molecule has 1 heterocycles. The van der Waals surface area contributed by atoms with E-state index in [1.54, 1.807) is 18.2 Å². The molecule has 0 unspecified atom stereocenters. The second kappa shape index (κ2) is 4.73. The number of nitrogens with two attached hydrogens (primary N) is 2. The van der Waals surface area contributed by atoms with Crippen molar-refractivity contribution in [2.45, 2.75) is 20.0 Å². The number of nitrogens with zero attached hydrogens (tertiary/aromatic N) is 3. The average Bonchev–Trinajstić information content (AvgIpc) is 2.29. The molecule has 96 valence electrons. The molecule has 1 aromatic heterocycles. The number of halogens is 1. The maximum Gasteiger partial charge on any atom is 0.241 e. The molecule has 0 radical (unpaired) electrons. The molecule has 0 aliphatic heterocycles. The van der Waals surface area contributed by atoms with Crippen LogP contribution >= 0.6 is 11.6 Å². The Kier molecular flexibility index (Phi) is 3.29. The zero-order valence-electron chi connectivity index (χ0n) is 10.1. The van der Waals surface area contributed by atoms with Gasteiger partial charge >= 0.3 is 0 Å². The highest BCUT2D eigenvalue weighted by molar-refractivity contribution is 6.31. The summed E-state index contributed by atoms with van der Waals surface area (Å²) >= 11 is 5.98. The largest absolute Gasteiger partial charge is 0.473 e. The lowest BCUT2D eigenvalue weighted by Gasteiger charge is -2.13. The second-order valence-corrected chi connectivity index (χ2v) is 4.50. The molecule has 18 heavy (non-hydrogen) atoms. The first kappa shape index (κ1) is 12.5. The maximum atomic E-state index is 5.98. The van der Waals surface area contributed by atoms with Crippen LogP contribution in [0.25, 0.3) is 10.8 Å². The first-order valence-corrected chi connectivity index (χ1v) is 5.79. The highest BCUT2D eigenvalue weighted by Crippen LogP contribution is 2.24. The van der Waals surface area contributed by atoms with E-state index in [-0.39, 0.29) is 6.10 Å². The number of fused-ring (bicyclic) bond motifs is 1. The lowest BCUT2D eigenvalue weighted by Crippen LogP contribution is -2.32. The monoisotopic (exact) mass is 267 g/mol. The van der Waals surface area contributed by atoms with Crippen LogP contribution in [0.5, 0.6) is 5.88 Å². The van der Waals surface area contributed by atoms with Gasteiger partial charge in [-0.05, 0) is 32.0 Å². The predicted octanol–water partition coefficient (Wildman–Crippen LogP) is 0.965. The molecule has 2 aromatic rings. The minimum absolute atomic E-state index is 0.0275. The third-order valence-corrected chi connectivity index (χ3v) is 2.57. The van der Waals surface area contributed by atoms with E-state index in [0.717, 1.165) is 15.6 Å². The molecular weight excluding hydrogens is 254 g/mol.